The first-order valence-electron chi connectivity index (χ1n) is 3.86. The molecule has 0 aromatic rings. The minimum atomic E-state index is -3.21. The maximum absolute atomic E-state index is 10.9. The second kappa shape index (κ2) is 3.92. The molecular formula is C8H15NO2S. The molecule has 0 atom stereocenters. The Morgan fingerprint density at radius 1 is 1.42 bits per heavy atom. The minimum absolute atomic E-state index is 0.604. The third-order valence-corrected chi connectivity index (χ3v) is 2.63. The van der Waals surface area contributed by atoms with Gasteiger partial charge in [0.25, 0.3) is 0 Å². The number of hydrogen-bond donors (Lipinski definition) is 1. The average molecular weight is 189 g/mol. The molecule has 3 nitrogen and oxygen atoms in total. The molecule has 0 aliphatic rings. The summed E-state index contributed by atoms with van der Waals surface area (Å²) in [6, 6.07) is 0. The van der Waals surface area contributed by atoms with E-state index in [0.29, 0.717) is 12.8 Å². The summed E-state index contributed by atoms with van der Waals surface area (Å²) < 4.78 is 24.3. The van der Waals surface area contributed by atoms with Gasteiger partial charge in [0.15, 0.2) is 0 Å². The predicted molar refractivity (Wildman–Crippen MR) is 50.1 cm³/mol. The van der Waals surface area contributed by atoms with Crippen LogP contribution < -0.4 is 4.72 Å². The molecule has 1 N–H and O–H groups in total. The largest absolute Gasteiger partial charge is 0.213 e. The fraction of sp³-hybridized carbons (Fsp3) is 0.750. The molecule has 0 aliphatic heterocycles. The number of sulfonamides is 1. The predicted octanol–water partition coefficient (Wildman–Crippen LogP) is 0.728. The van der Waals surface area contributed by atoms with Gasteiger partial charge >= 0.3 is 0 Å². The van der Waals surface area contributed by atoms with Crippen molar-refractivity contribution in [1.29, 1.82) is 0 Å². The first-order chi connectivity index (χ1) is 5.39. The molecule has 0 heterocycles. The normalized spacial score (nSPS) is 12.5. The summed E-state index contributed by atoms with van der Waals surface area (Å²) in [6.07, 6.45) is 7.58. The smallest absolute Gasteiger partial charge is 0.210 e. The lowest BCUT2D eigenvalue weighted by molar-refractivity contribution is 0.454. The Balaban J connectivity index is 4.68. The summed E-state index contributed by atoms with van der Waals surface area (Å²) in [4.78, 5) is 0. The first kappa shape index (κ1) is 11.5. The molecule has 0 spiro atoms. The summed E-state index contributed by atoms with van der Waals surface area (Å²) in [6.45, 7) is 3.73. The van der Waals surface area contributed by atoms with E-state index in [1.54, 1.807) is 0 Å². The lowest BCUT2D eigenvalue weighted by Crippen LogP contribution is -2.45. The molecule has 0 unspecified atom stereocenters. The Kier molecular flexibility index (Phi) is 3.75. The van der Waals surface area contributed by atoms with Crippen LogP contribution in [-0.4, -0.2) is 20.2 Å². The van der Waals surface area contributed by atoms with Crippen LogP contribution in [0.15, 0.2) is 0 Å². The van der Waals surface area contributed by atoms with E-state index in [4.69, 9.17) is 6.42 Å². The highest BCUT2D eigenvalue weighted by Gasteiger charge is 2.26. The van der Waals surface area contributed by atoms with E-state index < -0.39 is 15.6 Å². The van der Waals surface area contributed by atoms with Crippen molar-refractivity contribution in [3.05, 3.63) is 0 Å². The Morgan fingerprint density at radius 3 is 1.92 bits per heavy atom. The van der Waals surface area contributed by atoms with Crippen molar-refractivity contribution in [3.8, 4) is 12.3 Å². The van der Waals surface area contributed by atoms with Gasteiger partial charge < -0.3 is 0 Å². The Bertz CT molecular complexity index is 270. The summed E-state index contributed by atoms with van der Waals surface area (Å²) >= 11 is 0. The molecule has 0 saturated carbocycles. The van der Waals surface area contributed by atoms with Crippen molar-refractivity contribution in [2.75, 3.05) is 6.26 Å². The van der Waals surface area contributed by atoms with Crippen LogP contribution in [0.2, 0.25) is 0 Å². The van der Waals surface area contributed by atoms with Crippen LogP contribution in [0.25, 0.3) is 0 Å². The van der Waals surface area contributed by atoms with Crippen molar-refractivity contribution >= 4 is 10.0 Å². The molecule has 12 heavy (non-hydrogen) atoms. The van der Waals surface area contributed by atoms with E-state index in [1.807, 2.05) is 13.8 Å². The highest BCUT2D eigenvalue weighted by Crippen LogP contribution is 2.14. The molecule has 0 radical (unpaired) electrons. The van der Waals surface area contributed by atoms with E-state index in [-0.39, 0.29) is 0 Å². The molecule has 4 heteroatoms. The lowest BCUT2D eigenvalue weighted by Gasteiger charge is -2.25. The van der Waals surface area contributed by atoms with Gasteiger partial charge in [-0.1, -0.05) is 19.8 Å². The molecule has 0 aromatic carbocycles. The quantitative estimate of drug-likeness (QED) is 0.663. The number of nitrogens with one attached hydrogen (secondary N) is 1. The molecule has 0 fully saturated rings. The highest BCUT2D eigenvalue weighted by molar-refractivity contribution is 7.88. The van der Waals surface area contributed by atoms with Gasteiger partial charge in [0.05, 0.1) is 11.8 Å². The van der Waals surface area contributed by atoms with Gasteiger partial charge in [-0.25, -0.2) is 8.42 Å². The zero-order valence-electron chi connectivity index (χ0n) is 7.72. The van der Waals surface area contributed by atoms with Crippen LogP contribution in [-0.2, 0) is 10.0 Å². The number of terminal acetylenes is 1. The topological polar surface area (TPSA) is 46.2 Å². The molecule has 0 bridgehead atoms. The molecule has 0 aromatic heterocycles. The van der Waals surface area contributed by atoms with Gasteiger partial charge in [-0.3, -0.25) is 0 Å². The van der Waals surface area contributed by atoms with Crippen LogP contribution >= 0.6 is 0 Å². The van der Waals surface area contributed by atoms with Gasteiger partial charge in [-0.05, 0) is 12.8 Å². The highest BCUT2D eigenvalue weighted by atomic mass is 32.2. The van der Waals surface area contributed by atoms with Crippen LogP contribution in [0.4, 0.5) is 0 Å². The van der Waals surface area contributed by atoms with E-state index in [9.17, 15) is 8.42 Å². The van der Waals surface area contributed by atoms with E-state index in [1.165, 1.54) is 0 Å². The fourth-order valence-corrected chi connectivity index (χ4v) is 2.04. The number of hydrogen-bond acceptors (Lipinski definition) is 2. The maximum Gasteiger partial charge on any atom is 0.210 e. The van der Waals surface area contributed by atoms with E-state index in [2.05, 4.69) is 10.6 Å². The van der Waals surface area contributed by atoms with Gasteiger partial charge in [-0.15, -0.1) is 6.42 Å². The van der Waals surface area contributed by atoms with Crippen LogP contribution in [0.5, 0.6) is 0 Å². The number of rotatable bonds is 4. The summed E-state index contributed by atoms with van der Waals surface area (Å²) in [7, 11) is -3.21. The van der Waals surface area contributed by atoms with Crippen molar-refractivity contribution in [1.82, 2.24) is 4.72 Å². The Hall–Kier alpha value is -0.530. The van der Waals surface area contributed by atoms with Crippen LogP contribution in [0.3, 0.4) is 0 Å². The van der Waals surface area contributed by atoms with Gasteiger partial charge in [0.1, 0.15) is 0 Å². The molecule has 0 saturated heterocycles. The average Bonchev–Trinajstić information content (AvgIpc) is 1.99. The second-order valence-corrected chi connectivity index (χ2v) is 4.56. The van der Waals surface area contributed by atoms with E-state index in [0.717, 1.165) is 6.26 Å². The lowest BCUT2D eigenvalue weighted by atomic mass is 9.96. The maximum atomic E-state index is 10.9. The fourth-order valence-electron chi connectivity index (χ4n) is 0.983. The van der Waals surface area contributed by atoms with Gasteiger partial charge in [0.2, 0.25) is 10.0 Å². The van der Waals surface area contributed by atoms with Crippen molar-refractivity contribution in [2.24, 2.45) is 0 Å². The van der Waals surface area contributed by atoms with Crippen LogP contribution in [0, 0.1) is 12.3 Å². The SMILES string of the molecule is C#CC(CC)(CC)NS(C)(=O)=O. The summed E-state index contributed by atoms with van der Waals surface area (Å²) in [5, 5.41) is 0. The molecule has 0 amide bonds. The monoisotopic (exact) mass is 189 g/mol. The zero-order valence-corrected chi connectivity index (χ0v) is 8.53. The molecule has 0 rings (SSSR count). The van der Waals surface area contributed by atoms with Crippen molar-refractivity contribution in [2.45, 2.75) is 32.2 Å². The first-order valence-corrected chi connectivity index (χ1v) is 5.75. The second-order valence-electron chi connectivity index (χ2n) is 2.81. The molecule has 0 aliphatic carbocycles. The van der Waals surface area contributed by atoms with Gasteiger partial charge in [0, 0.05) is 0 Å². The molecule has 70 valence electrons. The minimum Gasteiger partial charge on any atom is -0.213 e. The van der Waals surface area contributed by atoms with Crippen molar-refractivity contribution < 1.29 is 8.42 Å². The third-order valence-electron chi connectivity index (χ3n) is 1.86. The third kappa shape index (κ3) is 3.24. The standard InChI is InChI=1S/C8H15NO2S/c1-5-8(6-2,7-3)9-12(4,10)11/h1,9H,6-7H2,2-4H3. The van der Waals surface area contributed by atoms with Gasteiger partial charge in [-0.2, -0.15) is 4.72 Å². The summed E-state index contributed by atoms with van der Waals surface area (Å²) in [5.41, 5.74) is -0.701. The Morgan fingerprint density at radius 2 is 1.83 bits per heavy atom. The van der Waals surface area contributed by atoms with Crippen LogP contribution in [0.1, 0.15) is 26.7 Å². The Labute approximate surface area is 74.6 Å². The summed E-state index contributed by atoms with van der Waals surface area (Å²) in [5.74, 6) is 2.48. The zero-order chi connectivity index (χ0) is 9.83. The van der Waals surface area contributed by atoms with Crippen molar-refractivity contribution in [3.63, 3.8) is 0 Å². The molecular weight excluding hydrogens is 174 g/mol. The van der Waals surface area contributed by atoms with E-state index >= 15 is 0 Å².